The number of carboxylic acid groups (broad SMARTS) is 1. The summed E-state index contributed by atoms with van der Waals surface area (Å²) in [6, 6.07) is 5.92. The SMILES string of the molecule is CCCn1c(COCC(=O)O)nc2cc(Br)ccc21. The molecule has 0 atom stereocenters. The number of rotatable bonds is 6. The number of halogens is 1. The van der Waals surface area contributed by atoms with Crippen LogP contribution in [0.5, 0.6) is 0 Å². The van der Waals surface area contributed by atoms with E-state index in [9.17, 15) is 4.79 Å². The van der Waals surface area contributed by atoms with Gasteiger partial charge >= 0.3 is 5.97 Å². The van der Waals surface area contributed by atoms with E-state index in [0.29, 0.717) is 0 Å². The van der Waals surface area contributed by atoms with Gasteiger partial charge in [-0.1, -0.05) is 22.9 Å². The minimum atomic E-state index is -0.971. The Labute approximate surface area is 119 Å². The van der Waals surface area contributed by atoms with E-state index in [2.05, 4.69) is 32.4 Å². The largest absolute Gasteiger partial charge is 0.480 e. The smallest absolute Gasteiger partial charge is 0.329 e. The van der Waals surface area contributed by atoms with Crippen LogP contribution in [-0.2, 0) is 22.7 Å². The zero-order chi connectivity index (χ0) is 13.8. The van der Waals surface area contributed by atoms with Crippen molar-refractivity contribution in [3.05, 3.63) is 28.5 Å². The molecule has 0 aliphatic heterocycles. The molecule has 1 aromatic carbocycles. The molecular formula is C13H15BrN2O3. The zero-order valence-corrected chi connectivity index (χ0v) is 12.2. The van der Waals surface area contributed by atoms with Gasteiger partial charge in [0, 0.05) is 11.0 Å². The van der Waals surface area contributed by atoms with E-state index in [-0.39, 0.29) is 13.2 Å². The van der Waals surface area contributed by atoms with Gasteiger partial charge in [0.1, 0.15) is 19.0 Å². The molecule has 1 aromatic heterocycles. The second-order valence-electron chi connectivity index (χ2n) is 4.20. The Morgan fingerprint density at radius 1 is 1.53 bits per heavy atom. The third kappa shape index (κ3) is 3.33. The monoisotopic (exact) mass is 326 g/mol. The van der Waals surface area contributed by atoms with Gasteiger partial charge in [-0.25, -0.2) is 9.78 Å². The first-order valence-corrected chi connectivity index (χ1v) is 6.85. The molecule has 0 fully saturated rings. The van der Waals surface area contributed by atoms with Crippen molar-refractivity contribution in [1.82, 2.24) is 9.55 Å². The van der Waals surface area contributed by atoms with Gasteiger partial charge in [0.15, 0.2) is 0 Å². The predicted molar refractivity (Wildman–Crippen MR) is 75.0 cm³/mol. The van der Waals surface area contributed by atoms with E-state index >= 15 is 0 Å². The van der Waals surface area contributed by atoms with E-state index in [1.165, 1.54) is 0 Å². The lowest BCUT2D eigenvalue weighted by molar-refractivity contribution is -0.142. The van der Waals surface area contributed by atoms with Crippen LogP contribution in [0, 0.1) is 0 Å². The first-order valence-electron chi connectivity index (χ1n) is 6.06. The topological polar surface area (TPSA) is 64.3 Å². The zero-order valence-electron chi connectivity index (χ0n) is 10.6. The molecule has 2 aromatic rings. The van der Waals surface area contributed by atoms with Crippen LogP contribution in [0.25, 0.3) is 11.0 Å². The maximum Gasteiger partial charge on any atom is 0.329 e. The molecule has 0 saturated heterocycles. The maximum atomic E-state index is 10.5. The van der Waals surface area contributed by atoms with E-state index in [4.69, 9.17) is 9.84 Å². The quantitative estimate of drug-likeness (QED) is 0.886. The van der Waals surface area contributed by atoms with Crippen molar-refractivity contribution in [2.45, 2.75) is 26.5 Å². The average Bonchev–Trinajstić information content (AvgIpc) is 2.67. The number of nitrogens with zero attached hydrogens (tertiary/aromatic N) is 2. The lowest BCUT2D eigenvalue weighted by Crippen LogP contribution is -2.10. The highest BCUT2D eigenvalue weighted by atomic mass is 79.9. The van der Waals surface area contributed by atoms with Crippen molar-refractivity contribution in [3.63, 3.8) is 0 Å². The van der Waals surface area contributed by atoms with Crippen LogP contribution in [0.15, 0.2) is 22.7 Å². The number of carboxylic acids is 1. The number of benzene rings is 1. The third-order valence-electron chi connectivity index (χ3n) is 2.69. The highest BCUT2D eigenvalue weighted by Gasteiger charge is 2.11. The number of aromatic nitrogens is 2. The Bertz CT molecular complexity index is 595. The molecule has 1 N–H and O–H groups in total. The Kier molecular flexibility index (Phi) is 4.55. The first kappa shape index (κ1) is 14.0. The molecule has 0 spiro atoms. The highest BCUT2D eigenvalue weighted by Crippen LogP contribution is 2.21. The van der Waals surface area contributed by atoms with Gasteiger partial charge in [-0.05, 0) is 24.6 Å². The molecule has 1 heterocycles. The number of aryl methyl sites for hydroxylation is 1. The van der Waals surface area contributed by atoms with Crippen LogP contribution in [0.1, 0.15) is 19.2 Å². The fraction of sp³-hybridized carbons (Fsp3) is 0.385. The van der Waals surface area contributed by atoms with Crippen molar-refractivity contribution in [3.8, 4) is 0 Å². The Morgan fingerprint density at radius 2 is 2.32 bits per heavy atom. The fourth-order valence-electron chi connectivity index (χ4n) is 1.97. The van der Waals surface area contributed by atoms with Crippen LogP contribution < -0.4 is 0 Å². The van der Waals surface area contributed by atoms with E-state index in [1.54, 1.807) is 0 Å². The normalized spacial score (nSPS) is 11.1. The van der Waals surface area contributed by atoms with Crippen molar-refractivity contribution in [1.29, 1.82) is 0 Å². The Balaban J connectivity index is 2.30. The fourth-order valence-corrected chi connectivity index (χ4v) is 2.31. The molecule has 19 heavy (non-hydrogen) atoms. The van der Waals surface area contributed by atoms with Gasteiger partial charge in [-0.2, -0.15) is 0 Å². The van der Waals surface area contributed by atoms with Gasteiger partial charge in [0.2, 0.25) is 0 Å². The summed E-state index contributed by atoms with van der Waals surface area (Å²) in [6.45, 7) is 2.83. The summed E-state index contributed by atoms with van der Waals surface area (Å²) >= 11 is 3.42. The van der Waals surface area contributed by atoms with Crippen LogP contribution >= 0.6 is 15.9 Å². The molecule has 5 nitrogen and oxygen atoms in total. The number of hydrogen-bond donors (Lipinski definition) is 1. The molecule has 0 aliphatic rings. The van der Waals surface area contributed by atoms with Gasteiger partial charge in [-0.3, -0.25) is 0 Å². The van der Waals surface area contributed by atoms with Gasteiger partial charge in [0.25, 0.3) is 0 Å². The second kappa shape index (κ2) is 6.16. The summed E-state index contributed by atoms with van der Waals surface area (Å²) < 4.78 is 8.18. The molecule has 0 aliphatic carbocycles. The van der Waals surface area contributed by atoms with Gasteiger partial charge in [-0.15, -0.1) is 0 Å². The molecule has 0 saturated carbocycles. The number of hydrogen-bond acceptors (Lipinski definition) is 3. The van der Waals surface area contributed by atoms with E-state index in [0.717, 1.165) is 34.3 Å². The van der Waals surface area contributed by atoms with Gasteiger partial charge in [0.05, 0.1) is 11.0 Å². The van der Waals surface area contributed by atoms with Crippen LogP contribution in [0.4, 0.5) is 0 Å². The summed E-state index contributed by atoms with van der Waals surface area (Å²) in [6.07, 6.45) is 0.980. The lowest BCUT2D eigenvalue weighted by atomic mass is 10.3. The molecule has 0 amide bonds. The summed E-state index contributed by atoms with van der Waals surface area (Å²) in [7, 11) is 0. The highest BCUT2D eigenvalue weighted by molar-refractivity contribution is 9.10. The summed E-state index contributed by atoms with van der Waals surface area (Å²) in [5.41, 5.74) is 1.93. The molecule has 2 rings (SSSR count). The van der Waals surface area contributed by atoms with Crippen LogP contribution in [0.2, 0.25) is 0 Å². The average molecular weight is 327 g/mol. The Morgan fingerprint density at radius 3 is 3.00 bits per heavy atom. The standard InChI is InChI=1S/C13H15BrN2O3/c1-2-5-16-11-4-3-9(14)6-10(11)15-12(16)7-19-8-13(17)18/h3-4,6H,2,5,7-8H2,1H3,(H,17,18). The van der Waals surface area contributed by atoms with Gasteiger partial charge < -0.3 is 14.4 Å². The molecule has 0 bridgehead atoms. The number of aliphatic carboxylic acids is 1. The summed E-state index contributed by atoms with van der Waals surface area (Å²) in [5.74, 6) is -0.211. The number of imidazole rings is 1. The van der Waals surface area contributed by atoms with E-state index < -0.39 is 5.97 Å². The first-order chi connectivity index (χ1) is 9.11. The molecule has 0 radical (unpaired) electrons. The number of fused-ring (bicyclic) bond motifs is 1. The molecule has 6 heteroatoms. The second-order valence-corrected chi connectivity index (χ2v) is 5.11. The maximum absolute atomic E-state index is 10.5. The van der Waals surface area contributed by atoms with Crippen molar-refractivity contribution in [2.75, 3.05) is 6.61 Å². The van der Waals surface area contributed by atoms with Crippen LogP contribution in [-0.4, -0.2) is 27.2 Å². The van der Waals surface area contributed by atoms with Crippen molar-refractivity contribution in [2.24, 2.45) is 0 Å². The molecule has 0 unspecified atom stereocenters. The number of carbonyl (C=O) groups is 1. The lowest BCUT2D eigenvalue weighted by Gasteiger charge is -2.07. The third-order valence-corrected chi connectivity index (χ3v) is 3.19. The molecule has 102 valence electrons. The summed E-state index contributed by atoms with van der Waals surface area (Å²) in [4.78, 5) is 15.0. The minimum absolute atomic E-state index is 0.207. The molecular weight excluding hydrogens is 312 g/mol. The summed E-state index contributed by atoms with van der Waals surface area (Å²) in [5, 5.41) is 8.58. The predicted octanol–water partition coefficient (Wildman–Crippen LogP) is 2.81. The Hall–Kier alpha value is -1.40. The van der Waals surface area contributed by atoms with E-state index in [1.807, 2.05) is 18.2 Å². The van der Waals surface area contributed by atoms with Crippen molar-refractivity contribution < 1.29 is 14.6 Å². The van der Waals surface area contributed by atoms with Crippen molar-refractivity contribution >= 4 is 32.9 Å². The minimum Gasteiger partial charge on any atom is -0.480 e. The van der Waals surface area contributed by atoms with Crippen LogP contribution in [0.3, 0.4) is 0 Å². The number of ether oxygens (including phenoxy) is 1.